The molecule has 0 radical (unpaired) electrons. The number of ether oxygens (including phenoxy) is 3. The molecule has 8 heteroatoms. The third-order valence-corrected chi connectivity index (χ3v) is 3.67. The van der Waals surface area contributed by atoms with Crippen LogP contribution in [0.2, 0.25) is 0 Å². The molecule has 0 fully saturated rings. The lowest BCUT2D eigenvalue weighted by molar-refractivity contribution is -0.137. The predicted octanol–water partition coefficient (Wildman–Crippen LogP) is 4.03. The molecule has 144 valence electrons. The van der Waals surface area contributed by atoms with Crippen molar-refractivity contribution >= 4 is 17.2 Å². The maximum atomic E-state index is 13.0. The van der Waals surface area contributed by atoms with Crippen LogP contribution in [0.4, 0.5) is 18.9 Å². The van der Waals surface area contributed by atoms with Crippen molar-refractivity contribution < 1.29 is 32.2 Å². The third-order valence-electron chi connectivity index (χ3n) is 3.67. The highest BCUT2D eigenvalue weighted by Crippen LogP contribution is 2.36. The Kier molecular flexibility index (Phi) is 6.33. The molecule has 0 aliphatic rings. The van der Waals surface area contributed by atoms with E-state index in [1.54, 1.807) is 24.3 Å². The number of rotatable bonds is 6. The number of carbonyl (C=O) groups excluding carboxylic acids is 1. The Hall–Kier alpha value is -3.16. The number of nitrogens with two attached hydrogens (primary N) is 1. The van der Waals surface area contributed by atoms with Gasteiger partial charge in [-0.2, -0.15) is 13.2 Å². The number of hydrogen-bond acceptors (Lipinski definition) is 5. The highest BCUT2D eigenvalue weighted by molar-refractivity contribution is 6.16. The van der Waals surface area contributed by atoms with Gasteiger partial charge in [-0.25, -0.2) is 4.79 Å². The van der Waals surface area contributed by atoms with Crippen molar-refractivity contribution in [3.05, 3.63) is 65.4 Å². The van der Waals surface area contributed by atoms with Crippen LogP contribution < -0.4 is 10.5 Å². The number of alkyl halides is 3. The Morgan fingerprint density at radius 3 is 2.48 bits per heavy atom. The van der Waals surface area contributed by atoms with Crippen molar-refractivity contribution in [3.8, 4) is 5.75 Å². The lowest BCUT2D eigenvalue weighted by Gasteiger charge is -2.15. The first kappa shape index (κ1) is 20.2. The summed E-state index contributed by atoms with van der Waals surface area (Å²) < 4.78 is 54.0. The van der Waals surface area contributed by atoms with Gasteiger partial charge in [0.25, 0.3) is 0 Å². The Labute approximate surface area is 154 Å². The second-order valence-corrected chi connectivity index (χ2v) is 5.45. The zero-order valence-electron chi connectivity index (χ0n) is 14.7. The molecule has 0 bridgehead atoms. The summed E-state index contributed by atoms with van der Waals surface area (Å²) in [6.45, 7) is -0.0740. The number of halogens is 3. The summed E-state index contributed by atoms with van der Waals surface area (Å²) in [6, 6.07) is 10.1. The molecule has 0 aliphatic carbocycles. The molecule has 2 N–H and O–H groups in total. The molecule has 0 amide bonds. The van der Waals surface area contributed by atoms with Gasteiger partial charge in [-0.05, 0) is 29.3 Å². The van der Waals surface area contributed by atoms with E-state index in [9.17, 15) is 18.0 Å². The van der Waals surface area contributed by atoms with Crippen molar-refractivity contribution in [3.63, 3.8) is 0 Å². The van der Waals surface area contributed by atoms with Crippen LogP contribution in [0, 0.1) is 0 Å². The SMILES string of the molecule is CO/C=C(/C(=O)OC)c1ccccc1COc1ccc(N)c(C(F)(F)F)c1. The van der Waals surface area contributed by atoms with Gasteiger partial charge in [0.15, 0.2) is 0 Å². The highest BCUT2D eigenvalue weighted by Gasteiger charge is 2.33. The Balaban J connectivity index is 2.30. The van der Waals surface area contributed by atoms with Gasteiger partial charge in [0.05, 0.1) is 26.0 Å². The maximum absolute atomic E-state index is 13.0. The maximum Gasteiger partial charge on any atom is 0.418 e. The molecule has 0 saturated heterocycles. The Morgan fingerprint density at radius 2 is 1.85 bits per heavy atom. The number of carbonyl (C=O) groups is 1. The first-order valence-corrected chi connectivity index (χ1v) is 7.77. The van der Waals surface area contributed by atoms with Crippen LogP contribution in [-0.2, 0) is 27.1 Å². The molecule has 0 atom stereocenters. The van der Waals surface area contributed by atoms with E-state index in [2.05, 4.69) is 0 Å². The van der Waals surface area contributed by atoms with Crippen LogP contribution in [0.15, 0.2) is 48.7 Å². The summed E-state index contributed by atoms with van der Waals surface area (Å²) >= 11 is 0. The summed E-state index contributed by atoms with van der Waals surface area (Å²) in [5.41, 5.74) is 5.24. The fourth-order valence-corrected chi connectivity index (χ4v) is 2.39. The standard InChI is InChI=1S/C19H18F3NO4/c1-25-11-15(18(24)26-2)14-6-4-3-5-12(14)10-27-13-7-8-17(23)16(9-13)19(20,21)22/h3-9,11H,10,23H2,1-2H3/b15-11+. The molecule has 0 aromatic heterocycles. The molecule has 27 heavy (non-hydrogen) atoms. The van der Waals surface area contributed by atoms with E-state index in [1.807, 2.05) is 0 Å². The van der Waals surface area contributed by atoms with Crippen LogP contribution >= 0.6 is 0 Å². The predicted molar refractivity (Wildman–Crippen MR) is 93.6 cm³/mol. The molecule has 2 rings (SSSR count). The van der Waals surface area contributed by atoms with E-state index in [-0.39, 0.29) is 23.6 Å². The number of benzene rings is 2. The average molecular weight is 381 g/mol. The van der Waals surface area contributed by atoms with Gasteiger partial charge in [-0.15, -0.1) is 0 Å². The quantitative estimate of drug-likeness (QED) is 0.354. The van der Waals surface area contributed by atoms with Crippen molar-refractivity contribution in [2.75, 3.05) is 20.0 Å². The van der Waals surface area contributed by atoms with Gasteiger partial charge in [0, 0.05) is 5.69 Å². The summed E-state index contributed by atoms with van der Waals surface area (Å²) in [5.74, 6) is -0.613. The van der Waals surface area contributed by atoms with Gasteiger partial charge in [-0.3, -0.25) is 0 Å². The monoisotopic (exact) mass is 381 g/mol. The summed E-state index contributed by atoms with van der Waals surface area (Å²) in [7, 11) is 2.62. The average Bonchev–Trinajstić information content (AvgIpc) is 2.64. The molecular weight excluding hydrogens is 363 g/mol. The first-order valence-electron chi connectivity index (χ1n) is 7.77. The first-order chi connectivity index (χ1) is 12.8. The van der Waals surface area contributed by atoms with Gasteiger partial charge < -0.3 is 19.9 Å². The number of esters is 1. The fourth-order valence-electron chi connectivity index (χ4n) is 2.39. The molecule has 0 spiro atoms. The Bertz CT molecular complexity index is 847. The summed E-state index contributed by atoms with van der Waals surface area (Å²) in [6.07, 6.45) is -3.35. The number of anilines is 1. The van der Waals surface area contributed by atoms with E-state index >= 15 is 0 Å². The summed E-state index contributed by atoms with van der Waals surface area (Å²) in [5, 5.41) is 0. The lowest BCUT2D eigenvalue weighted by Crippen LogP contribution is -2.10. The molecule has 0 heterocycles. The van der Waals surface area contributed by atoms with Crippen LogP contribution in [0.5, 0.6) is 5.75 Å². The minimum absolute atomic E-state index is 0.00154. The van der Waals surface area contributed by atoms with E-state index < -0.39 is 17.7 Å². The zero-order chi connectivity index (χ0) is 20.0. The topological polar surface area (TPSA) is 70.8 Å². The minimum atomic E-state index is -4.58. The van der Waals surface area contributed by atoms with Crippen molar-refractivity contribution in [2.24, 2.45) is 0 Å². The highest BCUT2D eigenvalue weighted by atomic mass is 19.4. The Morgan fingerprint density at radius 1 is 1.15 bits per heavy atom. The molecule has 0 unspecified atom stereocenters. The van der Waals surface area contributed by atoms with E-state index in [4.69, 9.17) is 19.9 Å². The van der Waals surface area contributed by atoms with Crippen LogP contribution in [-0.4, -0.2) is 20.2 Å². The molecule has 2 aromatic rings. The molecule has 5 nitrogen and oxygen atoms in total. The van der Waals surface area contributed by atoms with Crippen LogP contribution in [0.25, 0.3) is 5.57 Å². The van der Waals surface area contributed by atoms with Crippen molar-refractivity contribution in [2.45, 2.75) is 12.8 Å². The van der Waals surface area contributed by atoms with Crippen LogP contribution in [0.3, 0.4) is 0 Å². The molecular formula is C19H18F3NO4. The number of nitrogen functional groups attached to an aromatic ring is 1. The zero-order valence-corrected chi connectivity index (χ0v) is 14.7. The molecule has 0 aliphatic heterocycles. The molecule has 0 saturated carbocycles. The van der Waals surface area contributed by atoms with Gasteiger partial charge >= 0.3 is 12.1 Å². The van der Waals surface area contributed by atoms with E-state index in [0.29, 0.717) is 11.1 Å². The smallest absolute Gasteiger partial charge is 0.418 e. The minimum Gasteiger partial charge on any atom is -0.503 e. The van der Waals surface area contributed by atoms with Crippen LogP contribution in [0.1, 0.15) is 16.7 Å². The van der Waals surface area contributed by atoms with Gasteiger partial charge in [0.1, 0.15) is 17.9 Å². The second-order valence-electron chi connectivity index (χ2n) is 5.45. The van der Waals surface area contributed by atoms with Gasteiger partial charge in [0.2, 0.25) is 0 Å². The lowest BCUT2D eigenvalue weighted by atomic mass is 10.0. The summed E-state index contributed by atoms with van der Waals surface area (Å²) in [4.78, 5) is 12.0. The van der Waals surface area contributed by atoms with E-state index in [0.717, 1.165) is 12.1 Å². The fraction of sp³-hybridized carbons (Fsp3) is 0.211. The molecule has 2 aromatic carbocycles. The third kappa shape index (κ3) is 4.93. The normalized spacial score (nSPS) is 11.8. The largest absolute Gasteiger partial charge is 0.503 e. The second kappa shape index (κ2) is 8.48. The number of methoxy groups -OCH3 is 2. The van der Waals surface area contributed by atoms with E-state index in [1.165, 1.54) is 26.5 Å². The number of hydrogen-bond donors (Lipinski definition) is 1. The van der Waals surface area contributed by atoms with Crippen molar-refractivity contribution in [1.82, 2.24) is 0 Å². The van der Waals surface area contributed by atoms with Gasteiger partial charge in [-0.1, -0.05) is 24.3 Å². The van der Waals surface area contributed by atoms with Crippen molar-refractivity contribution in [1.29, 1.82) is 0 Å².